The van der Waals surface area contributed by atoms with E-state index in [0.717, 1.165) is 51.4 Å². The molecular formula is C47H80O13P-. The molecule has 13 nitrogen and oxygen atoms in total. The smallest absolute Gasteiger partial charge is 0.306 e. The van der Waals surface area contributed by atoms with Gasteiger partial charge in [0.2, 0.25) is 0 Å². The molecule has 0 aromatic carbocycles. The highest BCUT2D eigenvalue weighted by Gasteiger charge is 2.50. The third-order valence-corrected chi connectivity index (χ3v) is 11.3. The molecule has 0 radical (unpaired) electrons. The van der Waals surface area contributed by atoms with Crippen molar-refractivity contribution in [2.75, 3.05) is 13.2 Å². The van der Waals surface area contributed by atoms with Gasteiger partial charge in [-0.2, -0.15) is 0 Å². The summed E-state index contributed by atoms with van der Waals surface area (Å²) in [4.78, 5) is 38.0. The Morgan fingerprint density at radius 3 is 1.43 bits per heavy atom. The molecule has 0 bridgehead atoms. The lowest BCUT2D eigenvalue weighted by Gasteiger charge is -2.43. The Kier molecular flexibility index (Phi) is 34.3. The first-order chi connectivity index (χ1) is 29.4. The second kappa shape index (κ2) is 37.0. The molecular weight excluding hydrogens is 803 g/mol. The van der Waals surface area contributed by atoms with Gasteiger partial charge < -0.3 is 48.9 Å². The summed E-state index contributed by atoms with van der Waals surface area (Å²) in [7, 11) is -5.38. The van der Waals surface area contributed by atoms with Crippen molar-refractivity contribution in [1.82, 2.24) is 0 Å². The van der Waals surface area contributed by atoms with Crippen LogP contribution in [0, 0.1) is 0 Å². The van der Waals surface area contributed by atoms with Crippen molar-refractivity contribution in [2.45, 2.75) is 211 Å². The number of allylic oxidation sites excluding steroid dienone is 10. The van der Waals surface area contributed by atoms with E-state index in [1.807, 2.05) is 12.2 Å². The number of phosphoric ester groups is 1. The van der Waals surface area contributed by atoms with Crippen molar-refractivity contribution >= 4 is 19.8 Å². The van der Waals surface area contributed by atoms with Crippen LogP contribution < -0.4 is 4.89 Å². The van der Waals surface area contributed by atoms with Crippen LogP contribution in [0.25, 0.3) is 0 Å². The summed E-state index contributed by atoms with van der Waals surface area (Å²) >= 11 is 0. The SMILES string of the molecule is CC/C=C\C/C=C\C/C=C\C/C=C\C/C=C\CCCC(=O)O[C@H](COC(=O)CCCCCCCCCCCCCCCCC)COP(=O)([O-])OC1[C@H](O)[C@H](O)C(O)[C@H](O)[C@H]1O. The Morgan fingerprint density at radius 1 is 0.541 bits per heavy atom. The van der Waals surface area contributed by atoms with Crippen LogP contribution in [-0.4, -0.2) is 93.4 Å². The Labute approximate surface area is 366 Å². The summed E-state index contributed by atoms with van der Waals surface area (Å²) in [6.07, 6.45) is 31.0. The number of aliphatic hydroxyl groups is 5. The van der Waals surface area contributed by atoms with Gasteiger partial charge in [-0.05, 0) is 51.4 Å². The maximum absolute atomic E-state index is 12.7. The molecule has 0 heterocycles. The first-order valence-corrected chi connectivity index (χ1v) is 24.5. The zero-order valence-electron chi connectivity index (χ0n) is 37.1. The van der Waals surface area contributed by atoms with Crippen LogP contribution >= 0.6 is 7.82 Å². The summed E-state index contributed by atoms with van der Waals surface area (Å²) in [5.74, 6) is -1.20. The van der Waals surface area contributed by atoms with Crippen LogP contribution in [0.4, 0.5) is 0 Å². The van der Waals surface area contributed by atoms with E-state index in [0.29, 0.717) is 19.3 Å². The number of rotatable bonds is 37. The monoisotopic (exact) mass is 884 g/mol. The van der Waals surface area contributed by atoms with E-state index in [4.69, 9.17) is 18.5 Å². The first kappa shape index (κ1) is 56.6. The fourth-order valence-electron chi connectivity index (χ4n) is 6.67. The Bertz CT molecular complexity index is 1300. The Balaban J connectivity index is 2.51. The average Bonchev–Trinajstić information content (AvgIpc) is 3.24. The lowest BCUT2D eigenvalue weighted by atomic mass is 9.85. The molecule has 0 amide bonds. The third-order valence-electron chi connectivity index (χ3n) is 10.4. The predicted octanol–water partition coefficient (Wildman–Crippen LogP) is 8.31. The predicted molar refractivity (Wildman–Crippen MR) is 237 cm³/mol. The van der Waals surface area contributed by atoms with Gasteiger partial charge in [0.1, 0.15) is 43.2 Å². The average molecular weight is 884 g/mol. The minimum absolute atomic E-state index is 0.00197. The molecule has 8 atom stereocenters. The van der Waals surface area contributed by atoms with Gasteiger partial charge in [-0.15, -0.1) is 0 Å². The quantitative estimate of drug-likeness (QED) is 0.0172. The molecule has 1 aliphatic rings. The molecule has 0 spiro atoms. The van der Waals surface area contributed by atoms with E-state index < -0.39 is 75.7 Å². The van der Waals surface area contributed by atoms with Crippen LogP contribution in [0.3, 0.4) is 0 Å². The van der Waals surface area contributed by atoms with Gasteiger partial charge in [0.25, 0.3) is 7.82 Å². The van der Waals surface area contributed by atoms with Crippen molar-refractivity contribution < 1.29 is 63.1 Å². The number of hydrogen-bond donors (Lipinski definition) is 5. The van der Waals surface area contributed by atoms with Crippen molar-refractivity contribution in [3.63, 3.8) is 0 Å². The van der Waals surface area contributed by atoms with Gasteiger partial charge in [0, 0.05) is 12.8 Å². The number of hydrogen-bond acceptors (Lipinski definition) is 13. The second-order valence-corrected chi connectivity index (χ2v) is 17.2. The fourth-order valence-corrected chi connectivity index (χ4v) is 7.63. The zero-order valence-corrected chi connectivity index (χ0v) is 38.0. The molecule has 1 saturated carbocycles. The van der Waals surface area contributed by atoms with Gasteiger partial charge in [-0.25, -0.2) is 0 Å². The second-order valence-electron chi connectivity index (χ2n) is 15.9. The van der Waals surface area contributed by atoms with E-state index >= 15 is 0 Å². The van der Waals surface area contributed by atoms with Gasteiger partial charge >= 0.3 is 11.9 Å². The number of carbonyl (C=O) groups is 2. The minimum Gasteiger partial charge on any atom is -0.756 e. The summed E-state index contributed by atoms with van der Waals surface area (Å²) < 4.78 is 33.1. The lowest BCUT2D eigenvalue weighted by molar-refractivity contribution is -0.261. The standard InChI is InChI=1S/C47H81O13P/c1-3-5-7-9-11-13-15-17-19-20-22-24-26-28-30-32-34-36-41(49)59-39(38-58-61(55,56)60-47-45(53)43(51)42(50)44(52)46(47)54)37-57-40(48)35-33-31-29-27-25-23-21-18-16-14-12-10-8-6-4-2/h5,7,11,13,17,19,22,24,28,30,39,42-47,50-54H,3-4,6,8-10,12,14-16,18,20-21,23,25-27,29,31-38H2,1-2H3,(H,55,56)/p-1/b7-5-,13-11-,19-17-,24-22-,30-28-/t39-,42?,43-,44+,45-,46-,47?/m1/s1. The highest BCUT2D eigenvalue weighted by atomic mass is 31.2. The summed E-state index contributed by atoms with van der Waals surface area (Å²) in [5.41, 5.74) is 0. The van der Waals surface area contributed by atoms with Crippen molar-refractivity contribution in [2.24, 2.45) is 0 Å². The molecule has 1 aliphatic carbocycles. The molecule has 0 aliphatic heterocycles. The summed E-state index contributed by atoms with van der Waals surface area (Å²) in [6, 6.07) is 0. The van der Waals surface area contributed by atoms with Crippen LogP contribution in [-0.2, 0) is 32.7 Å². The van der Waals surface area contributed by atoms with Crippen LogP contribution in [0.15, 0.2) is 60.8 Å². The lowest BCUT2D eigenvalue weighted by Crippen LogP contribution is -2.64. The fraction of sp³-hybridized carbons (Fsp3) is 0.745. The summed E-state index contributed by atoms with van der Waals surface area (Å²) in [5, 5.41) is 50.0. The molecule has 3 unspecified atom stereocenters. The van der Waals surface area contributed by atoms with Crippen molar-refractivity contribution in [3.8, 4) is 0 Å². The number of carbonyl (C=O) groups excluding carboxylic acids is 2. The zero-order chi connectivity index (χ0) is 45.0. The molecule has 14 heteroatoms. The van der Waals surface area contributed by atoms with Gasteiger partial charge in [0.05, 0.1) is 6.61 Å². The number of ether oxygens (including phenoxy) is 2. The van der Waals surface area contributed by atoms with E-state index in [2.05, 4.69) is 62.5 Å². The molecule has 352 valence electrons. The summed E-state index contributed by atoms with van der Waals surface area (Å²) in [6.45, 7) is 3.04. The topological polar surface area (TPSA) is 212 Å². The van der Waals surface area contributed by atoms with Crippen LogP contribution in [0.5, 0.6) is 0 Å². The van der Waals surface area contributed by atoms with Crippen molar-refractivity contribution in [3.05, 3.63) is 60.8 Å². The molecule has 1 fully saturated rings. The first-order valence-electron chi connectivity index (χ1n) is 23.1. The number of aliphatic hydroxyl groups excluding tert-OH is 5. The maximum atomic E-state index is 12.7. The maximum Gasteiger partial charge on any atom is 0.306 e. The highest BCUT2D eigenvalue weighted by Crippen LogP contribution is 2.43. The molecule has 0 aromatic rings. The van der Waals surface area contributed by atoms with E-state index in [1.54, 1.807) is 0 Å². The van der Waals surface area contributed by atoms with Crippen LogP contribution in [0.1, 0.15) is 168 Å². The molecule has 1 rings (SSSR count). The molecule has 0 aromatic heterocycles. The van der Waals surface area contributed by atoms with E-state index in [9.17, 15) is 44.6 Å². The van der Waals surface area contributed by atoms with E-state index in [1.165, 1.54) is 70.6 Å². The van der Waals surface area contributed by atoms with Crippen molar-refractivity contribution in [1.29, 1.82) is 0 Å². The Morgan fingerprint density at radius 2 is 0.951 bits per heavy atom. The number of unbranched alkanes of at least 4 members (excludes halogenated alkanes) is 15. The molecule has 61 heavy (non-hydrogen) atoms. The Hall–Kier alpha value is -2.45. The van der Waals surface area contributed by atoms with Gasteiger partial charge in [-0.3, -0.25) is 14.2 Å². The normalized spacial score (nSPS) is 22.6. The van der Waals surface area contributed by atoms with Gasteiger partial charge in [-0.1, -0.05) is 164 Å². The molecule has 5 N–H and O–H groups in total. The van der Waals surface area contributed by atoms with Gasteiger partial charge in [0.15, 0.2) is 6.10 Å². The minimum atomic E-state index is -5.38. The largest absolute Gasteiger partial charge is 0.756 e. The molecule has 0 saturated heterocycles. The number of phosphoric acid groups is 1. The third kappa shape index (κ3) is 29.5. The van der Waals surface area contributed by atoms with E-state index in [-0.39, 0.29) is 12.8 Å². The highest BCUT2D eigenvalue weighted by molar-refractivity contribution is 7.45. The van der Waals surface area contributed by atoms with Crippen LogP contribution in [0.2, 0.25) is 0 Å². The number of esters is 2.